The van der Waals surface area contributed by atoms with Crippen molar-refractivity contribution in [3.05, 3.63) is 57.8 Å². The van der Waals surface area contributed by atoms with Crippen LogP contribution in [0, 0.1) is 5.92 Å². The van der Waals surface area contributed by atoms with Gasteiger partial charge in [0, 0.05) is 11.6 Å². The average molecular weight is 360 g/mol. The number of rotatable bonds is 8. The second-order valence-corrected chi connectivity index (χ2v) is 8.46. The molecule has 0 aliphatic carbocycles. The molecule has 1 amide bonds. The first-order valence-electron chi connectivity index (χ1n) is 9.14. The van der Waals surface area contributed by atoms with Crippen molar-refractivity contribution in [1.82, 2.24) is 5.32 Å². The van der Waals surface area contributed by atoms with Crippen LogP contribution in [-0.2, 0) is 11.2 Å². The minimum absolute atomic E-state index is 0.0907. The largest absolute Gasteiger partial charge is 0.349 e. The predicted molar refractivity (Wildman–Crippen MR) is 106 cm³/mol. The molecule has 0 unspecified atom stereocenters. The number of carbonyl (C=O) groups excluding carboxylic acids is 1. The lowest BCUT2D eigenvalue weighted by molar-refractivity contribution is -0.704. The van der Waals surface area contributed by atoms with Gasteiger partial charge in [0.05, 0.1) is 4.88 Å². The van der Waals surface area contributed by atoms with Crippen molar-refractivity contribution in [2.75, 3.05) is 0 Å². The fourth-order valence-corrected chi connectivity index (χ4v) is 3.80. The monoisotopic (exact) mass is 359 g/mol. The predicted octanol–water partition coefficient (Wildman–Crippen LogP) is 3.51. The zero-order valence-electron chi connectivity index (χ0n) is 16.0. The molecule has 2 aromatic rings. The third-order valence-corrected chi connectivity index (χ3v) is 5.11. The molecule has 1 aromatic carbocycles. The molecule has 3 N–H and O–H groups in total. The lowest BCUT2D eigenvalue weighted by Crippen LogP contribution is -2.92. The van der Waals surface area contributed by atoms with E-state index in [1.165, 1.54) is 16.0 Å². The lowest BCUT2D eigenvalue weighted by atomic mass is 9.98. The van der Waals surface area contributed by atoms with Crippen molar-refractivity contribution in [1.29, 1.82) is 0 Å². The van der Waals surface area contributed by atoms with Gasteiger partial charge in [-0.15, -0.1) is 11.3 Å². The van der Waals surface area contributed by atoms with Crippen LogP contribution in [0.5, 0.6) is 0 Å². The summed E-state index contributed by atoms with van der Waals surface area (Å²) in [5, 5.41) is 7.28. The highest BCUT2D eigenvalue weighted by atomic mass is 32.1. The Morgan fingerprint density at radius 2 is 1.76 bits per heavy atom. The highest BCUT2D eigenvalue weighted by molar-refractivity contribution is 7.10. The summed E-state index contributed by atoms with van der Waals surface area (Å²) >= 11 is 1.75. The van der Waals surface area contributed by atoms with Crippen LogP contribution in [0.1, 0.15) is 56.7 Å². The molecule has 2 atom stereocenters. The Morgan fingerprint density at radius 3 is 2.28 bits per heavy atom. The number of carbonyl (C=O) groups is 1. The summed E-state index contributed by atoms with van der Waals surface area (Å²) in [6, 6.07) is 13.3. The zero-order valence-corrected chi connectivity index (χ0v) is 16.8. The molecule has 0 saturated carbocycles. The van der Waals surface area contributed by atoms with E-state index in [1.807, 2.05) is 20.8 Å². The van der Waals surface area contributed by atoms with E-state index in [0.717, 1.165) is 6.42 Å². The van der Waals surface area contributed by atoms with E-state index in [2.05, 4.69) is 66.3 Å². The second-order valence-electron chi connectivity index (χ2n) is 7.48. The molecule has 0 spiro atoms. The fraction of sp³-hybridized carbons (Fsp3) is 0.476. The first kappa shape index (κ1) is 19.7. The van der Waals surface area contributed by atoms with Crippen molar-refractivity contribution >= 4 is 17.2 Å². The standard InChI is InChI=1S/C21H30N2OS/c1-14(2)13-17-8-10-18(11-9-17)20(19-7-6-12-25-19)23-16(5)21(24)22-15(3)4/h6-12,14-16,20,23H,13H2,1-5H3,(H,22,24)/p+1/t16-,20-/m1/s1. The summed E-state index contributed by atoms with van der Waals surface area (Å²) in [6.45, 7) is 10.4. The van der Waals surface area contributed by atoms with Crippen LogP contribution in [0.25, 0.3) is 0 Å². The first-order valence-corrected chi connectivity index (χ1v) is 10.0. The van der Waals surface area contributed by atoms with Gasteiger partial charge in [-0.2, -0.15) is 0 Å². The maximum absolute atomic E-state index is 12.3. The third kappa shape index (κ3) is 5.98. The fourth-order valence-electron chi connectivity index (χ4n) is 2.96. The summed E-state index contributed by atoms with van der Waals surface area (Å²) < 4.78 is 0. The van der Waals surface area contributed by atoms with E-state index in [9.17, 15) is 4.79 Å². The van der Waals surface area contributed by atoms with Crippen molar-refractivity contribution in [3.63, 3.8) is 0 Å². The maximum atomic E-state index is 12.3. The van der Waals surface area contributed by atoms with Gasteiger partial charge in [-0.1, -0.05) is 44.2 Å². The number of benzene rings is 1. The molecule has 0 saturated heterocycles. The van der Waals surface area contributed by atoms with Crippen molar-refractivity contribution in [3.8, 4) is 0 Å². The molecule has 0 fully saturated rings. The third-order valence-electron chi connectivity index (χ3n) is 4.16. The lowest BCUT2D eigenvalue weighted by Gasteiger charge is -2.20. The molecule has 0 aliphatic heterocycles. The molecule has 0 aliphatic rings. The van der Waals surface area contributed by atoms with Gasteiger partial charge in [0.2, 0.25) is 0 Å². The molecule has 1 heterocycles. The van der Waals surface area contributed by atoms with Crippen LogP contribution >= 0.6 is 11.3 Å². The maximum Gasteiger partial charge on any atom is 0.278 e. The first-order chi connectivity index (χ1) is 11.9. The Morgan fingerprint density at radius 1 is 1.08 bits per heavy atom. The number of nitrogens with two attached hydrogens (primary N) is 1. The van der Waals surface area contributed by atoms with E-state index < -0.39 is 0 Å². The summed E-state index contributed by atoms with van der Waals surface area (Å²) in [6.07, 6.45) is 1.10. The smallest absolute Gasteiger partial charge is 0.278 e. The normalized spacial score (nSPS) is 13.9. The molecule has 3 nitrogen and oxygen atoms in total. The minimum Gasteiger partial charge on any atom is -0.349 e. The summed E-state index contributed by atoms with van der Waals surface area (Å²) in [4.78, 5) is 13.6. The summed E-state index contributed by atoms with van der Waals surface area (Å²) in [5.74, 6) is 0.748. The van der Waals surface area contributed by atoms with E-state index in [4.69, 9.17) is 0 Å². The van der Waals surface area contributed by atoms with Crippen LogP contribution in [-0.4, -0.2) is 18.0 Å². The Hall–Kier alpha value is -1.65. The summed E-state index contributed by atoms with van der Waals surface area (Å²) in [7, 11) is 0. The van der Waals surface area contributed by atoms with Crippen LogP contribution < -0.4 is 10.6 Å². The van der Waals surface area contributed by atoms with Gasteiger partial charge in [-0.05, 0) is 50.1 Å². The van der Waals surface area contributed by atoms with Crippen molar-refractivity contribution in [2.45, 2.75) is 59.2 Å². The quantitative estimate of drug-likeness (QED) is 0.744. The topological polar surface area (TPSA) is 45.7 Å². The van der Waals surface area contributed by atoms with Gasteiger partial charge in [0.15, 0.2) is 6.04 Å². The van der Waals surface area contributed by atoms with Gasteiger partial charge in [0.25, 0.3) is 5.91 Å². The minimum atomic E-state index is -0.134. The Labute approximate surface area is 155 Å². The zero-order chi connectivity index (χ0) is 18.4. The van der Waals surface area contributed by atoms with Crippen LogP contribution in [0.15, 0.2) is 41.8 Å². The molecule has 0 bridgehead atoms. The number of nitrogens with one attached hydrogen (secondary N) is 1. The molecule has 4 heteroatoms. The highest BCUT2D eigenvalue weighted by Crippen LogP contribution is 2.23. The Balaban J connectivity index is 2.18. The molecular weight excluding hydrogens is 328 g/mol. The molecule has 0 radical (unpaired) electrons. The Kier molecular flexibility index (Phi) is 7.21. The van der Waals surface area contributed by atoms with E-state index >= 15 is 0 Å². The van der Waals surface area contributed by atoms with Crippen molar-refractivity contribution < 1.29 is 10.1 Å². The van der Waals surface area contributed by atoms with Gasteiger partial charge in [-0.25, -0.2) is 0 Å². The van der Waals surface area contributed by atoms with E-state index in [1.54, 1.807) is 11.3 Å². The number of amides is 1. The van der Waals surface area contributed by atoms with E-state index in [-0.39, 0.29) is 24.0 Å². The molecule has 2 rings (SSSR count). The number of thiophene rings is 1. The number of hydrogen-bond donors (Lipinski definition) is 2. The van der Waals surface area contributed by atoms with Crippen molar-refractivity contribution in [2.24, 2.45) is 5.92 Å². The van der Waals surface area contributed by atoms with Crippen LogP contribution in [0.2, 0.25) is 0 Å². The molecular formula is C21H31N2OS+. The number of hydrogen-bond acceptors (Lipinski definition) is 2. The summed E-state index contributed by atoms with van der Waals surface area (Å²) in [5.41, 5.74) is 2.62. The van der Waals surface area contributed by atoms with Crippen LogP contribution in [0.4, 0.5) is 0 Å². The second kappa shape index (κ2) is 9.16. The SMILES string of the molecule is CC(C)Cc1ccc([C@@H]([NH2+][C@H](C)C(=O)NC(C)C)c2cccs2)cc1. The molecule has 1 aromatic heterocycles. The Bertz CT molecular complexity index is 647. The molecule has 25 heavy (non-hydrogen) atoms. The number of quaternary nitrogens is 1. The van der Waals surface area contributed by atoms with Crippen LogP contribution in [0.3, 0.4) is 0 Å². The highest BCUT2D eigenvalue weighted by Gasteiger charge is 2.25. The van der Waals surface area contributed by atoms with Gasteiger partial charge in [0.1, 0.15) is 6.04 Å². The van der Waals surface area contributed by atoms with Gasteiger partial charge in [-0.3, -0.25) is 4.79 Å². The molecule has 136 valence electrons. The average Bonchev–Trinajstić information content (AvgIpc) is 3.06. The van der Waals surface area contributed by atoms with E-state index in [0.29, 0.717) is 5.92 Å². The van der Waals surface area contributed by atoms with Gasteiger partial charge < -0.3 is 10.6 Å². The van der Waals surface area contributed by atoms with Gasteiger partial charge >= 0.3 is 0 Å².